The van der Waals surface area contributed by atoms with Crippen LogP contribution >= 0.6 is 0 Å². The summed E-state index contributed by atoms with van der Waals surface area (Å²) >= 11 is 0. The van der Waals surface area contributed by atoms with Gasteiger partial charge in [0, 0.05) is 6.04 Å². The molecule has 0 aromatic heterocycles. The molecule has 1 atom stereocenters. The molecule has 0 spiro atoms. The van der Waals surface area contributed by atoms with Gasteiger partial charge in [0.05, 0.1) is 17.8 Å². The number of rotatable bonds is 5. The molecule has 1 N–H and O–H groups in total. The summed E-state index contributed by atoms with van der Waals surface area (Å²) in [6, 6.07) is 5.41. The average molecular weight is 289 g/mol. The summed E-state index contributed by atoms with van der Waals surface area (Å²) in [6.45, 7) is 6.30. The minimum absolute atomic E-state index is 0.0160. The molecule has 0 saturated carbocycles. The van der Waals surface area contributed by atoms with Crippen LogP contribution in [0.3, 0.4) is 0 Å². The lowest BCUT2D eigenvalue weighted by Gasteiger charge is -2.24. The Morgan fingerprint density at radius 3 is 2.35 bits per heavy atom. The molecule has 20 heavy (non-hydrogen) atoms. The number of ether oxygens (including phenoxy) is 1. The van der Waals surface area contributed by atoms with Gasteiger partial charge in [0.2, 0.25) is 0 Å². The monoisotopic (exact) mass is 289 g/mol. The third kappa shape index (κ3) is 5.92. The Hall–Kier alpha value is -1.07. The van der Waals surface area contributed by atoms with E-state index in [4.69, 9.17) is 4.74 Å². The van der Waals surface area contributed by atoms with E-state index in [1.807, 2.05) is 20.8 Å². The molecule has 1 rings (SSSR count). The number of nitrogens with one attached hydrogen (secondary N) is 1. The maximum atomic E-state index is 12.7. The maximum absolute atomic E-state index is 12.7. The number of hydrogen-bond acceptors (Lipinski definition) is 2. The Labute approximate surface area is 118 Å². The Balaban J connectivity index is 2.70. The van der Waals surface area contributed by atoms with Crippen molar-refractivity contribution in [1.29, 1.82) is 0 Å². The molecule has 0 aliphatic rings. The largest absolute Gasteiger partial charge is 0.416 e. The number of benzene rings is 1. The van der Waals surface area contributed by atoms with Gasteiger partial charge in [-0.2, -0.15) is 13.2 Å². The molecule has 0 aliphatic heterocycles. The van der Waals surface area contributed by atoms with Crippen molar-refractivity contribution in [2.75, 3.05) is 13.7 Å². The van der Waals surface area contributed by atoms with E-state index in [0.29, 0.717) is 18.6 Å². The van der Waals surface area contributed by atoms with Gasteiger partial charge >= 0.3 is 6.18 Å². The second-order valence-corrected chi connectivity index (χ2v) is 5.81. The van der Waals surface area contributed by atoms with E-state index in [-0.39, 0.29) is 11.6 Å². The van der Waals surface area contributed by atoms with Crippen LogP contribution in [0.2, 0.25) is 0 Å². The fraction of sp³-hybridized carbons (Fsp3) is 0.600. The van der Waals surface area contributed by atoms with E-state index in [9.17, 15) is 13.2 Å². The Kier molecular flexibility index (Phi) is 5.59. The zero-order valence-corrected chi connectivity index (χ0v) is 12.3. The molecular weight excluding hydrogens is 267 g/mol. The molecule has 0 aliphatic carbocycles. The lowest BCUT2D eigenvalue weighted by atomic mass is 10.0. The van der Waals surface area contributed by atoms with Crippen molar-refractivity contribution in [3.8, 4) is 0 Å². The molecule has 1 aromatic rings. The summed E-state index contributed by atoms with van der Waals surface area (Å²) in [5.41, 5.74) is -0.221. The van der Waals surface area contributed by atoms with Crippen molar-refractivity contribution in [1.82, 2.24) is 5.32 Å². The van der Waals surface area contributed by atoms with Crippen molar-refractivity contribution in [2.45, 2.75) is 45.0 Å². The van der Waals surface area contributed by atoms with Gasteiger partial charge in [0.1, 0.15) is 0 Å². The highest BCUT2D eigenvalue weighted by molar-refractivity contribution is 5.26. The van der Waals surface area contributed by atoms with Gasteiger partial charge in [-0.05, 0) is 45.9 Å². The van der Waals surface area contributed by atoms with Crippen molar-refractivity contribution < 1.29 is 17.9 Å². The molecule has 114 valence electrons. The summed E-state index contributed by atoms with van der Waals surface area (Å²) in [7, 11) is 1.78. The molecule has 1 unspecified atom stereocenters. The summed E-state index contributed by atoms with van der Waals surface area (Å²) in [4.78, 5) is 0. The zero-order chi connectivity index (χ0) is 15.4. The van der Waals surface area contributed by atoms with Crippen molar-refractivity contribution in [3.05, 3.63) is 35.4 Å². The Morgan fingerprint density at radius 1 is 1.20 bits per heavy atom. The molecule has 0 saturated heterocycles. The Morgan fingerprint density at radius 2 is 1.85 bits per heavy atom. The summed E-state index contributed by atoms with van der Waals surface area (Å²) in [5, 5.41) is 3.08. The third-order valence-corrected chi connectivity index (χ3v) is 2.86. The highest BCUT2D eigenvalue weighted by Gasteiger charge is 2.30. The smallest absolute Gasteiger partial charge is 0.374 e. The molecule has 0 radical (unpaired) electrons. The van der Waals surface area contributed by atoms with Crippen molar-refractivity contribution in [2.24, 2.45) is 0 Å². The van der Waals surface area contributed by atoms with Gasteiger partial charge < -0.3 is 10.1 Å². The molecular formula is C15H22F3NO. The van der Waals surface area contributed by atoms with Crippen molar-refractivity contribution in [3.63, 3.8) is 0 Å². The van der Waals surface area contributed by atoms with Crippen LogP contribution in [0.4, 0.5) is 13.2 Å². The van der Waals surface area contributed by atoms with E-state index < -0.39 is 11.7 Å². The van der Waals surface area contributed by atoms with E-state index >= 15 is 0 Å². The van der Waals surface area contributed by atoms with E-state index in [1.165, 1.54) is 12.1 Å². The van der Waals surface area contributed by atoms with Crippen LogP contribution in [0.25, 0.3) is 0 Å². The second kappa shape index (κ2) is 6.59. The number of halogens is 3. The fourth-order valence-corrected chi connectivity index (χ4v) is 1.75. The van der Waals surface area contributed by atoms with Gasteiger partial charge in [-0.25, -0.2) is 0 Å². The van der Waals surface area contributed by atoms with E-state index in [1.54, 1.807) is 13.1 Å². The van der Waals surface area contributed by atoms with Crippen LogP contribution in [0.15, 0.2) is 24.3 Å². The lowest BCUT2D eigenvalue weighted by molar-refractivity contribution is -0.137. The van der Waals surface area contributed by atoms with Gasteiger partial charge in [0.25, 0.3) is 0 Å². The molecule has 0 amide bonds. The fourth-order valence-electron chi connectivity index (χ4n) is 1.75. The van der Waals surface area contributed by atoms with Gasteiger partial charge in [-0.3, -0.25) is 0 Å². The quantitative estimate of drug-likeness (QED) is 0.893. The minimum atomic E-state index is -4.30. The molecule has 0 heterocycles. The first-order chi connectivity index (χ1) is 9.12. The van der Waals surface area contributed by atoms with Gasteiger partial charge in [-0.1, -0.05) is 18.2 Å². The van der Waals surface area contributed by atoms with Crippen molar-refractivity contribution >= 4 is 0 Å². The van der Waals surface area contributed by atoms with Crippen LogP contribution in [0.5, 0.6) is 0 Å². The molecule has 5 heteroatoms. The maximum Gasteiger partial charge on any atom is 0.416 e. The predicted octanol–water partition coefficient (Wildman–Crippen LogP) is 3.65. The second-order valence-electron chi connectivity index (χ2n) is 5.81. The first kappa shape index (κ1) is 17.0. The normalized spacial score (nSPS) is 14.3. The van der Waals surface area contributed by atoms with Gasteiger partial charge in [-0.15, -0.1) is 0 Å². The molecule has 0 bridgehead atoms. The Bertz CT molecular complexity index is 424. The van der Waals surface area contributed by atoms with Crippen LogP contribution in [-0.2, 0) is 17.3 Å². The topological polar surface area (TPSA) is 21.3 Å². The summed E-state index contributed by atoms with van der Waals surface area (Å²) in [5.74, 6) is 0. The average Bonchev–Trinajstić information content (AvgIpc) is 2.32. The molecule has 0 fully saturated rings. The van der Waals surface area contributed by atoms with Crippen LogP contribution in [-0.4, -0.2) is 25.3 Å². The van der Waals surface area contributed by atoms with Crippen LogP contribution in [0, 0.1) is 0 Å². The molecule has 2 nitrogen and oxygen atoms in total. The van der Waals surface area contributed by atoms with Crippen LogP contribution < -0.4 is 5.32 Å². The number of likely N-dealkylation sites (N-methyl/N-ethyl adjacent to an activating group) is 1. The highest BCUT2D eigenvalue weighted by atomic mass is 19.4. The highest BCUT2D eigenvalue weighted by Crippen LogP contribution is 2.29. The van der Waals surface area contributed by atoms with E-state index in [2.05, 4.69) is 5.32 Å². The minimum Gasteiger partial charge on any atom is -0.374 e. The molecule has 1 aromatic carbocycles. The number of hydrogen-bond donors (Lipinski definition) is 1. The summed E-state index contributed by atoms with van der Waals surface area (Å²) < 4.78 is 43.6. The van der Waals surface area contributed by atoms with E-state index in [0.717, 1.165) is 6.07 Å². The lowest BCUT2D eigenvalue weighted by Crippen LogP contribution is -2.36. The predicted molar refractivity (Wildman–Crippen MR) is 73.7 cm³/mol. The first-order valence-corrected chi connectivity index (χ1v) is 6.59. The van der Waals surface area contributed by atoms with Crippen LogP contribution in [0.1, 0.15) is 31.9 Å². The number of alkyl halides is 3. The summed E-state index contributed by atoms with van der Waals surface area (Å²) in [6.07, 6.45) is -3.80. The first-order valence-electron chi connectivity index (χ1n) is 6.59. The SMILES string of the molecule is CNC(COC(C)(C)C)Cc1cccc(C(F)(F)F)c1. The standard InChI is InChI=1S/C15H22F3NO/c1-14(2,3)20-10-13(19-4)9-11-6-5-7-12(8-11)15(16,17)18/h5-8,13,19H,9-10H2,1-4H3. The zero-order valence-electron chi connectivity index (χ0n) is 12.3. The van der Waals surface area contributed by atoms with Gasteiger partial charge in [0.15, 0.2) is 0 Å². The third-order valence-electron chi connectivity index (χ3n) is 2.86.